The number of hydrogen-bond donors (Lipinski definition) is 1. The third-order valence-corrected chi connectivity index (χ3v) is 5.14. The molecule has 1 N–H and O–H groups in total. The molecule has 1 aromatic heterocycles. The van der Waals surface area contributed by atoms with Gasteiger partial charge in [-0.3, -0.25) is 0 Å². The summed E-state index contributed by atoms with van der Waals surface area (Å²) in [6, 6.07) is 5.23. The van der Waals surface area contributed by atoms with Gasteiger partial charge in [0.05, 0.1) is 0 Å². The molecule has 3 heteroatoms. The minimum atomic E-state index is 0.187. The van der Waals surface area contributed by atoms with Crippen LogP contribution in [0.4, 0.5) is 5.82 Å². The molecule has 0 radical (unpaired) electrons. The van der Waals surface area contributed by atoms with Crippen molar-refractivity contribution in [3.63, 3.8) is 0 Å². The van der Waals surface area contributed by atoms with Crippen molar-refractivity contribution in [2.45, 2.75) is 57.9 Å². The van der Waals surface area contributed by atoms with E-state index in [-0.39, 0.29) is 5.41 Å². The highest BCUT2D eigenvalue weighted by Crippen LogP contribution is 2.28. The second kappa shape index (κ2) is 5.96. The van der Waals surface area contributed by atoms with Crippen LogP contribution in [0.1, 0.15) is 52.0 Å². The molecule has 0 aromatic carbocycles. The summed E-state index contributed by atoms with van der Waals surface area (Å²) < 4.78 is 0. The summed E-state index contributed by atoms with van der Waals surface area (Å²) in [5, 5.41) is 3.67. The quantitative estimate of drug-likeness (QED) is 0.904. The molecule has 3 nitrogen and oxygen atoms in total. The van der Waals surface area contributed by atoms with E-state index in [1.807, 2.05) is 0 Å². The smallest absolute Gasteiger partial charge is 0.128 e. The zero-order valence-electron chi connectivity index (χ0n) is 13.7. The topological polar surface area (TPSA) is 28.2 Å². The van der Waals surface area contributed by atoms with E-state index in [4.69, 9.17) is 4.98 Å². The monoisotopic (exact) mass is 287 g/mol. The molecule has 0 bridgehead atoms. The van der Waals surface area contributed by atoms with E-state index >= 15 is 0 Å². The Morgan fingerprint density at radius 3 is 2.43 bits per heavy atom. The van der Waals surface area contributed by atoms with Gasteiger partial charge in [0, 0.05) is 25.3 Å². The van der Waals surface area contributed by atoms with Gasteiger partial charge in [-0.2, -0.15) is 0 Å². The number of aromatic nitrogens is 1. The Morgan fingerprint density at radius 1 is 1.14 bits per heavy atom. The van der Waals surface area contributed by atoms with Gasteiger partial charge in [0.25, 0.3) is 0 Å². The second-order valence-corrected chi connectivity index (χ2v) is 7.68. The molecule has 2 aliphatic heterocycles. The van der Waals surface area contributed by atoms with E-state index in [1.54, 1.807) is 0 Å². The maximum atomic E-state index is 4.70. The molecule has 0 aliphatic carbocycles. The zero-order valence-corrected chi connectivity index (χ0v) is 13.7. The molecule has 1 unspecified atom stereocenters. The predicted molar refractivity (Wildman–Crippen MR) is 88.9 cm³/mol. The minimum Gasteiger partial charge on any atom is -0.357 e. The van der Waals surface area contributed by atoms with Gasteiger partial charge < -0.3 is 10.2 Å². The molecule has 0 saturated carbocycles. The number of nitrogens with one attached hydrogen (secondary N) is 1. The minimum absolute atomic E-state index is 0.187. The molecular formula is C18H29N3. The van der Waals surface area contributed by atoms with Crippen molar-refractivity contribution in [1.82, 2.24) is 10.3 Å². The van der Waals surface area contributed by atoms with Crippen molar-refractivity contribution < 1.29 is 0 Å². The maximum absolute atomic E-state index is 4.70. The summed E-state index contributed by atoms with van der Waals surface area (Å²) in [6.45, 7) is 10.3. The summed E-state index contributed by atoms with van der Waals surface area (Å²) in [4.78, 5) is 7.16. The standard InChI is InChI=1S/C18H29N3/c1-18(2,3)15-6-7-17(20-13-15)21-11-8-14(9-12-21)16-5-4-10-19-16/h6-7,13-14,16,19H,4-5,8-12H2,1-3H3. The first-order valence-electron chi connectivity index (χ1n) is 8.49. The molecule has 21 heavy (non-hydrogen) atoms. The molecule has 3 rings (SSSR count). The highest BCUT2D eigenvalue weighted by molar-refractivity contribution is 5.40. The highest BCUT2D eigenvalue weighted by Gasteiger charge is 2.28. The summed E-state index contributed by atoms with van der Waals surface area (Å²) in [5.41, 5.74) is 1.50. The first kappa shape index (κ1) is 14.8. The first-order chi connectivity index (χ1) is 10.0. The van der Waals surface area contributed by atoms with Gasteiger partial charge in [0.2, 0.25) is 0 Å². The van der Waals surface area contributed by atoms with Crippen LogP contribution in [0.5, 0.6) is 0 Å². The fourth-order valence-corrected chi connectivity index (χ4v) is 3.66. The highest BCUT2D eigenvalue weighted by atomic mass is 15.2. The first-order valence-corrected chi connectivity index (χ1v) is 8.49. The van der Waals surface area contributed by atoms with Crippen LogP contribution in [0, 0.1) is 5.92 Å². The van der Waals surface area contributed by atoms with Crippen LogP contribution in [0.2, 0.25) is 0 Å². The van der Waals surface area contributed by atoms with Gasteiger partial charge in [-0.1, -0.05) is 26.8 Å². The molecule has 2 fully saturated rings. The maximum Gasteiger partial charge on any atom is 0.128 e. The fraction of sp³-hybridized carbons (Fsp3) is 0.722. The number of piperidine rings is 1. The van der Waals surface area contributed by atoms with Crippen LogP contribution in [-0.2, 0) is 5.41 Å². The fourth-order valence-electron chi connectivity index (χ4n) is 3.66. The summed E-state index contributed by atoms with van der Waals surface area (Å²) in [5.74, 6) is 2.03. The Kier molecular flexibility index (Phi) is 4.21. The van der Waals surface area contributed by atoms with E-state index in [1.165, 1.54) is 37.8 Å². The average Bonchev–Trinajstić information content (AvgIpc) is 3.01. The second-order valence-electron chi connectivity index (χ2n) is 7.68. The lowest BCUT2D eigenvalue weighted by Gasteiger charge is -2.35. The van der Waals surface area contributed by atoms with E-state index < -0.39 is 0 Å². The van der Waals surface area contributed by atoms with Crippen LogP contribution in [0.3, 0.4) is 0 Å². The lowest BCUT2D eigenvalue weighted by atomic mass is 9.88. The number of nitrogens with zero attached hydrogens (tertiary/aromatic N) is 2. The Morgan fingerprint density at radius 2 is 1.90 bits per heavy atom. The van der Waals surface area contributed by atoms with Crippen molar-refractivity contribution >= 4 is 5.82 Å². The van der Waals surface area contributed by atoms with Gasteiger partial charge in [0.1, 0.15) is 5.82 Å². The average molecular weight is 287 g/mol. The van der Waals surface area contributed by atoms with E-state index in [2.05, 4.69) is 49.3 Å². The van der Waals surface area contributed by atoms with E-state index in [0.29, 0.717) is 0 Å². The SMILES string of the molecule is CC(C)(C)c1ccc(N2CCC(C3CCCN3)CC2)nc1. The lowest BCUT2D eigenvalue weighted by molar-refractivity contribution is 0.318. The van der Waals surface area contributed by atoms with Gasteiger partial charge >= 0.3 is 0 Å². The van der Waals surface area contributed by atoms with Gasteiger partial charge in [-0.25, -0.2) is 4.98 Å². The van der Waals surface area contributed by atoms with Crippen LogP contribution >= 0.6 is 0 Å². The van der Waals surface area contributed by atoms with Crippen molar-refractivity contribution in [3.8, 4) is 0 Å². The van der Waals surface area contributed by atoms with E-state index in [9.17, 15) is 0 Å². The number of hydrogen-bond acceptors (Lipinski definition) is 3. The third kappa shape index (κ3) is 3.39. The summed E-state index contributed by atoms with van der Waals surface area (Å²) >= 11 is 0. The van der Waals surface area contributed by atoms with Crippen molar-refractivity contribution in [2.24, 2.45) is 5.92 Å². The van der Waals surface area contributed by atoms with E-state index in [0.717, 1.165) is 30.9 Å². The molecule has 1 aromatic rings. The molecule has 0 amide bonds. The molecule has 2 saturated heterocycles. The predicted octanol–water partition coefficient (Wildman–Crippen LogP) is 3.35. The van der Waals surface area contributed by atoms with Crippen LogP contribution in [0.25, 0.3) is 0 Å². The largest absolute Gasteiger partial charge is 0.357 e. The van der Waals surface area contributed by atoms with Crippen LogP contribution in [0.15, 0.2) is 18.3 Å². The normalized spacial score (nSPS) is 24.5. The third-order valence-electron chi connectivity index (χ3n) is 5.14. The Bertz CT molecular complexity index is 446. The zero-order chi connectivity index (χ0) is 14.9. The Hall–Kier alpha value is -1.09. The summed E-state index contributed by atoms with van der Waals surface area (Å²) in [6.07, 6.45) is 7.41. The number of anilines is 1. The Labute approximate surface area is 129 Å². The van der Waals surface area contributed by atoms with Crippen molar-refractivity contribution in [2.75, 3.05) is 24.5 Å². The molecule has 0 spiro atoms. The molecule has 2 aliphatic rings. The molecule has 116 valence electrons. The van der Waals surface area contributed by atoms with Gasteiger partial charge in [-0.15, -0.1) is 0 Å². The van der Waals surface area contributed by atoms with Crippen LogP contribution < -0.4 is 10.2 Å². The molecule has 1 atom stereocenters. The summed E-state index contributed by atoms with van der Waals surface area (Å²) in [7, 11) is 0. The van der Waals surface area contributed by atoms with Crippen molar-refractivity contribution in [1.29, 1.82) is 0 Å². The molecular weight excluding hydrogens is 258 g/mol. The molecule has 3 heterocycles. The van der Waals surface area contributed by atoms with Gasteiger partial charge in [-0.05, 0) is 55.2 Å². The Balaban J connectivity index is 1.59. The number of rotatable bonds is 2. The van der Waals surface area contributed by atoms with Crippen LogP contribution in [-0.4, -0.2) is 30.7 Å². The number of pyridine rings is 1. The lowest BCUT2D eigenvalue weighted by Crippen LogP contribution is -2.41. The van der Waals surface area contributed by atoms with Crippen molar-refractivity contribution in [3.05, 3.63) is 23.9 Å². The van der Waals surface area contributed by atoms with Gasteiger partial charge in [0.15, 0.2) is 0 Å².